The van der Waals surface area contributed by atoms with Crippen LogP contribution >= 0.6 is 15.9 Å². The Balaban J connectivity index is 1.82. The predicted molar refractivity (Wildman–Crippen MR) is 93.5 cm³/mol. The van der Waals surface area contributed by atoms with Crippen molar-refractivity contribution in [2.24, 2.45) is 0 Å². The predicted octanol–water partition coefficient (Wildman–Crippen LogP) is 2.94. The molecule has 0 aliphatic heterocycles. The lowest BCUT2D eigenvalue weighted by Gasteiger charge is -2.06. The van der Waals surface area contributed by atoms with Crippen molar-refractivity contribution in [3.8, 4) is 0 Å². The smallest absolute Gasteiger partial charge is 0.268 e. The number of carbonyl (C=O) groups excluding carboxylic acids is 1. The molecule has 0 saturated heterocycles. The number of benzene rings is 2. The molecule has 1 N–H and O–H groups in total. The Labute approximate surface area is 140 Å². The number of fused-ring (bicyclic) bond motifs is 1. The number of rotatable bonds is 3. The van der Waals surface area contributed by atoms with Crippen LogP contribution < -0.4 is 11.0 Å². The summed E-state index contributed by atoms with van der Waals surface area (Å²) in [5.41, 5.74) is 3.63. The summed E-state index contributed by atoms with van der Waals surface area (Å²) in [5.74, 6) is -0.417. The van der Waals surface area contributed by atoms with Crippen LogP contribution in [0, 0.1) is 0 Å². The summed E-state index contributed by atoms with van der Waals surface area (Å²) in [4.78, 5) is 28.4. The number of halogens is 1. The van der Waals surface area contributed by atoms with Gasteiger partial charge in [-0.2, -0.15) is 0 Å². The lowest BCUT2D eigenvalue weighted by atomic mass is 10.2. The van der Waals surface area contributed by atoms with Crippen LogP contribution in [0.2, 0.25) is 0 Å². The second-order valence-electron chi connectivity index (χ2n) is 4.77. The number of para-hydroxylation sites is 1. The minimum Gasteiger partial charge on any atom is -0.268 e. The molecule has 0 fully saturated rings. The Bertz CT molecular complexity index is 963. The van der Waals surface area contributed by atoms with Crippen molar-refractivity contribution in [2.75, 3.05) is 5.43 Å². The monoisotopic (exact) mass is 369 g/mol. The first-order chi connectivity index (χ1) is 11.1. The van der Waals surface area contributed by atoms with E-state index in [1.54, 1.807) is 30.3 Å². The molecule has 3 aromatic rings. The molecule has 0 aliphatic carbocycles. The Morgan fingerprint density at radius 2 is 1.87 bits per heavy atom. The highest BCUT2D eigenvalue weighted by atomic mass is 79.9. The van der Waals surface area contributed by atoms with Gasteiger partial charge in [-0.15, -0.1) is 0 Å². The zero-order valence-corrected chi connectivity index (χ0v) is 13.5. The molecule has 6 heteroatoms. The van der Waals surface area contributed by atoms with Gasteiger partial charge in [0.1, 0.15) is 6.33 Å². The van der Waals surface area contributed by atoms with Gasteiger partial charge in [0.15, 0.2) is 0 Å². The highest BCUT2D eigenvalue weighted by Gasteiger charge is 2.05. The zero-order valence-electron chi connectivity index (χ0n) is 11.9. The number of amides is 1. The molecule has 0 atom stereocenters. The molecule has 23 heavy (non-hydrogen) atoms. The van der Waals surface area contributed by atoms with E-state index in [1.807, 2.05) is 24.3 Å². The second kappa shape index (κ2) is 6.58. The van der Waals surface area contributed by atoms with Gasteiger partial charge in [0.25, 0.3) is 11.5 Å². The molecule has 2 aromatic carbocycles. The van der Waals surface area contributed by atoms with E-state index in [2.05, 4.69) is 26.3 Å². The van der Waals surface area contributed by atoms with E-state index in [0.29, 0.717) is 10.9 Å². The van der Waals surface area contributed by atoms with Gasteiger partial charge in [0.05, 0.1) is 10.9 Å². The maximum Gasteiger partial charge on any atom is 0.280 e. The number of carbonyl (C=O) groups is 1. The first kappa shape index (κ1) is 15.2. The first-order valence-electron chi connectivity index (χ1n) is 6.85. The molecular formula is C17H12BrN3O2. The van der Waals surface area contributed by atoms with Crippen LogP contribution in [0.25, 0.3) is 17.0 Å². The van der Waals surface area contributed by atoms with Crippen LogP contribution in [-0.2, 0) is 4.79 Å². The quantitative estimate of drug-likeness (QED) is 0.721. The molecule has 0 saturated carbocycles. The van der Waals surface area contributed by atoms with E-state index in [0.717, 1.165) is 14.7 Å². The van der Waals surface area contributed by atoms with Crippen molar-refractivity contribution < 1.29 is 4.79 Å². The highest BCUT2D eigenvalue weighted by Crippen LogP contribution is 2.16. The van der Waals surface area contributed by atoms with Crippen LogP contribution in [0.4, 0.5) is 0 Å². The summed E-state index contributed by atoms with van der Waals surface area (Å²) < 4.78 is 1.96. The van der Waals surface area contributed by atoms with E-state index in [9.17, 15) is 9.59 Å². The lowest BCUT2D eigenvalue weighted by molar-refractivity contribution is -0.112. The van der Waals surface area contributed by atoms with Gasteiger partial charge in [-0.3, -0.25) is 15.0 Å². The summed E-state index contributed by atoms with van der Waals surface area (Å²) in [7, 11) is 0. The van der Waals surface area contributed by atoms with E-state index in [-0.39, 0.29) is 5.56 Å². The average Bonchev–Trinajstić information content (AvgIpc) is 2.57. The van der Waals surface area contributed by atoms with Crippen molar-refractivity contribution in [1.82, 2.24) is 9.66 Å². The summed E-state index contributed by atoms with van der Waals surface area (Å²) in [6.45, 7) is 0. The Hall–Kier alpha value is -2.73. The molecule has 5 nitrogen and oxygen atoms in total. The van der Waals surface area contributed by atoms with Gasteiger partial charge >= 0.3 is 0 Å². The fourth-order valence-electron chi connectivity index (χ4n) is 2.08. The molecule has 0 spiro atoms. The third kappa shape index (κ3) is 3.37. The highest BCUT2D eigenvalue weighted by molar-refractivity contribution is 9.10. The van der Waals surface area contributed by atoms with Gasteiger partial charge in [0, 0.05) is 10.5 Å². The maximum absolute atomic E-state index is 12.3. The Kier molecular flexibility index (Phi) is 4.34. The van der Waals surface area contributed by atoms with Crippen molar-refractivity contribution in [3.05, 3.63) is 81.3 Å². The average molecular weight is 370 g/mol. The van der Waals surface area contributed by atoms with E-state index < -0.39 is 5.91 Å². The SMILES string of the molecule is O=C(/C=C/c1ccccc1Br)Nn1cnc2ccccc2c1=O. The molecule has 0 radical (unpaired) electrons. The number of nitrogens with zero attached hydrogens (tertiary/aromatic N) is 2. The molecule has 3 rings (SSSR count). The topological polar surface area (TPSA) is 64.0 Å². The molecule has 1 heterocycles. The van der Waals surface area contributed by atoms with Gasteiger partial charge in [0.2, 0.25) is 0 Å². The van der Waals surface area contributed by atoms with Crippen molar-refractivity contribution in [2.45, 2.75) is 0 Å². The first-order valence-corrected chi connectivity index (χ1v) is 7.64. The van der Waals surface area contributed by atoms with Crippen LogP contribution in [-0.4, -0.2) is 15.6 Å². The molecule has 1 aromatic heterocycles. The van der Waals surface area contributed by atoms with Crippen LogP contribution in [0.15, 0.2) is 70.2 Å². The zero-order chi connectivity index (χ0) is 16.2. The Morgan fingerprint density at radius 1 is 1.13 bits per heavy atom. The summed E-state index contributed by atoms with van der Waals surface area (Å²) in [5, 5.41) is 0.449. The van der Waals surface area contributed by atoms with Gasteiger partial charge < -0.3 is 0 Å². The molecule has 114 valence electrons. The molecule has 0 bridgehead atoms. The maximum atomic E-state index is 12.3. The fraction of sp³-hybridized carbons (Fsp3) is 0. The number of aromatic nitrogens is 2. The van der Waals surface area contributed by atoms with Crippen molar-refractivity contribution in [1.29, 1.82) is 0 Å². The third-order valence-corrected chi connectivity index (χ3v) is 3.94. The third-order valence-electron chi connectivity index (χ3n) is 3.22. The summed E-state index contributed by atoms with van der Waals surface area (Å²) in [6.07, 6.45) is 4.33. The Morgan fingerprint density at radius 3 is 2.70 bits per heavy atom. The summed E-state index contributed by atoms with van der Waals surface area (Å²) in [6, 6.07) is 14.5. The van der Waals surface area contributed by atoms with Crippen LogP contribution in [0.3, 0.4) is 0 Å². The molecule has 0 unspecified atom stereocenters. The van der Waals surface area contributed by atoms with E-state index >= 15 is 0 Å². The van der Waals surface area contributed by atoms with E-state index in [4.69, 9.17) is 0 Å². The number of hydrogen-bond acceptors (Lipinski definition) is 3. The number of hydrogen-bond donors (Lipinski definition) is 1. The van der Waals surface area contributed by atoms with E-state index in [1.165, 1.54) is 12.4 Å². The largest absolute Gasteiger partial charge is 0.280 e. The minimum absolute atomic E-state index is 0.321. The van der Waals surface area contributed by atoms with Gasteiger partial charge in [-0.25, -0.2) is 9.66 Å². The second-order valence-corrected chi connectivity index (χ2v) is 5.62. The van der Waals surface area contributed by atoms with Gasteiger partial charge in [-0.1, -0.05) is 46.3 Å². The molecule has 0 aliphatic rings. The number of nitrogens with one attached hydrogen (secondary N) is 1. The molecule has 1 amide bonds. The normalized spacial score (nSPS) is 11.0. The van der Waals surface area contributed by atoms with Crippen LogP contribution in [0.5, 0.6) is 0 Å². The summed E-state index contributed by atoms with van der Waals surface area (Å²) >= 11 is 3.40. The fourth-order valence-corrected chi connectivity index (χ4v) is 2.50. The van der Waals surface area contributed by atoms with Crippen LogP contribution in [0.1, 0.15) is 5.56 Å². The van der Waals surface area contributed by atoms with Gasteiger partial charge in [-0.05, 0) is 29.8 Å². The van der Waals surface area contributed by atoms with Crippen molar-refractivity contribution >= 4 is 38.8 Å². The minimum atomic E-state index is -0.417. The van der Waals surface area contributed by atoms with Crippen molar-refractivity contribution in [3.63, 3.8) is 0 Å². The lowest BCUT2D eigenvalue weighted by Crippen LogP contribution is -2.32. The standard InChI is InChI=1S/C17H12BrN3O2/c18-14-7-3-1-5-12(14)9-10-16(22)20-21-11-19-15-8-4-2-6-13(15)17(21)23/h1-11H,(H,20,22)/b10-9+. The molecular weight excluding hydrogens is 358 g/mol.